The Morgan fingerprint density at radius 1 is 1.21 bits per heavy atom. The van der Waals surface area contributed by atoms with Crippen LogP contribution in [-0.2, 0) is 4.79 Å². The number of methoxy groups -OCH3 is 1. The first-order valence-corrected chi connectivity index (χ1v) is 12.2. The van der Waals surface area contributed by atoms with E-state index in [2.05, 4.69) is 43.3 Å². The molecule has 9 nitrogen and oxygen atoms in total. The molecule has 0 radical (unpaired) electrons. The van der Waals surface area contributed by atoms with Gasteiger partial charge in [-0.05, 0) is 43.3 Å². The Labute approximate surface area is 223 Å². The number of hydrogen-bond acceptors (Lipinski definition) is 7. The van der Waals surface area contributed by atoms with Crippen LogP contribution < -0.4 is 15.4 Å². The van der Waals surface area contributed by atoms with Crippen LogP contribution in [0.25, 0.3) is 22.3 Å². The van der Waals surface area contributed by atoms with Crippen molar-refractivity contribution in [2.75, 3.05) is 37.9 Å². The zero-order valence-electron chi connectivity index (χ0n) is 20.8. The molecule has 1 aliphatic heterocycles. The van der Waals surface area contributed by atoms with Gasteiger partial charge < -0.3 is 20.3 Å². The summed E-state index contributed by atoms with van der Waals surface area (Å²) in [6.45, 7) is 4.72. The van der Waals surface area contributed by atoms with Gasteiger partial charge in [-0.2, -0.15) is 5.10 Å². The maximum atomic E-state index is 13.6. The average Bonchev–Trinajstić information content (AvgIpc) is 3.34. The highest BCUT2D eigenvalue weighted by atomic mass is 35.5. The standard InChI is InChI=1S/C27H25ClFN7O2/c1-16(29)26(37)32-21-13-22(24(38-3)12-18(21)17-7-10-35(2)11-8-17)33-27-30-15-20(28)25(34-27)19-14-31-36-9-5-4-6-23(19)36/h4-7,9,12-15H,1,8,10-11H2,2-3H3,(H,32,37)(H,30,33,34). The summed E-state index contributed by atoms with van der Waals surface area (Å²) in [7, 11) is 3.58. The van der Waals surface area contributed by atoms with Crippen LogP contribution in [0.4, 0.5) is 21.7 Å². The number of halogens is 2. The first-order chi connectivity index (χ1) is 18.3. The molecule has 0 saturated carbocycles. The van der Waals surface area contributed by atoms with Crippen LogP contribution in [0.2, 0.25) is 5.02 Å². The number of carbonyl (C=O) groups excluding carboxylic acids is 1. The molecule has 0 aliphatic carbocycles. The molecule has 0 unspecified atom stereocenters. The molecule has 38 heavy (non-hydrogen) atoms. The van der Waals surface area contributed by atoms with E-state index in [9.17, 15) is 9.18 Å². The molecule has 4 aromatic rings. The maximum absolute atomic E-state index is 13.6. The van der Waals surface area contributed by atoms with E-state index < -0.39 is 11.7 Å². The fraction of sp³-hybridized carbons (Fsp3) is 0.185. The van der Waals surface area contributed by atoms with Crippen molar-refractivity contribution in [3.8, 4) is 17.0 Å². The van der Waals surface area contributed by atoms with Gasteiger partial charge in [0.25, 0.3) is 5.91 Å². The molecule has 3 aromatic heterocycles. The number of carbonyl (C=O) groups is 1. The Morgan fingerprint density at radius 3 is 2.79 bits per heavy atom. The van der Waals surface area contributed by atoms with E-state index in [-0.39, 0.29) is 5.95 Å². The average molecular weight is 534 g/mol. The molecule has 1 amide bonds. The molecular weight excluding hydrogens is 509 g/mol. The van der Waals surface area contributed by atoms with Crippen molar-refractivity contribution >= 4 is 45.9 Å². The van der Waals surface area contributed by atoms with Gasteiger partial charge in [0.1, 0.15) is 5.75 Å². The van der Waals surface area contributed by atoms with Crippen molar-refractivity contribution in [2.45, 2.75) is 6.42 Å². The van der Waals surface area contributed by atoms with E-state index in [0.717, 1.165) is 41.7 Å². The van der Waals surface area contributed by atoms with Crippen LogP contribution in [0.1, 0.15) is 12.0 Å². The van der Waals surface area contributed by atoms with Crippen molar-refractivity contribution in [3.05, 3.63) is 78.0 Å². The van der Waals surface area contributed by atoms with Crippen LogP contribution in [0.15, 0.2) is 67.4 Å². The molecular formula is C27H25ClFN7O2. The Bertz CT molecular complexity index is 1580. The summed E-state index contributed by atoms with van der Waals surface area (Å²) in [4.78, 5) is 23.4. The summed E-state index contributed by atoms with van der Waals surface area (Å²) >= 11 is 6.46. The smallest absolute Gasteiger partial charge is 0.283 e. The molecule has 4 heterocycles. The fourth-order valence-corrected chi connectivity index (χ4v) is 4.47. The summed E-state index contributed by atoms with van der Waals surface area (Å²) in [6, 6.07) is 9.17. The summed E-state index contributed by atoms with van der Waals surface area (Å²) in [5, 5.41) is 10.5. The number of anilines is 3. The predicted octanol–water partition coefficient (Wildman–Crippen LogP) is 5.34. The second-order valence-corrected chi connectivity index (χ2v) is 9.21. The topological polar surface area (TPSA) is 96.7 Å². The molecule has 5 rings (SSSR count). The molecule has 11 heteroatoms. The van der Waals surface area contributed by atoms with E-state index in [1.807, 2.05) is 31.4 Å². The SMILES string of the molecule is C=C(F)C(=O)Nc1cc(Nc2ncc(Cl)c(-c3cnn4ccccc34)n2)c(OC)cc1C1=CCN(C)CC1. The minimum Gasteiger partial charge on any atom is -0.495 e. The molecule has 1 aromatic carbocycles. The summed E-state index contributed by atoms with van der Waals surface area (Å²) in [5.41, 5.74) is 4.71. The lowest BCUT2D eigenvalue weighted by Crippen LogP contribution is -2.24. The zero-order valence-corrected chi connectivity index (χ0v) is 21.6. The molecule has 0 spiro atoms. The third-order valence-electron chi connectivity index (χ3n) is 6.26. The van der Waals surface area contributed by atoms with E-state index in [1.165, 1.54) is 6.20 Å². The Hall–Kier alpha value is -4.28. The number of hydrogen-bond donors (Lipinski definition) is 2. The van der Waals surface area contributed by atoms with E-state index in [1.54, 1.807) is 30.0 Å². The number of likely N-dealkylation sites (N-methyl/N-ethyl adjacent to an activating group) is 1. The zero-order chi connectivity index (χ0) is 26.8. The molecule has 194 valence electrons. The third kappa shape index (κ3) is 5.09. The minimum atomic E-state index is -1.09. The number of rotatable bonds is 7. The Kier molecular flexibility index (Phi) is 7.08. The second kappa shape index (κ2) is 10.6. The number of ether oxygens (including phenoxy) is 1. The van der Waals surface area contributed by atoms with Gasteiger partial charge in [0.15, 0.2) is 5.83 Å². The molecule has 2 N–H and O–H groups in total. The number of fused-ring (bicyclic) bond motifs is 1. The minimum absolute atomic E-state index is 0.247. The van der Waals surface area contributed by atoms with Gasteiger partial charge in [-0.25, -0.2) is 18.9 Å². The lowest BCUT2D eigenvalue weighted by molar-refractivity contribution is -0.114. The molecule has 1 aliphatic rings. The first-order valence-electron chi connectivity index (χ1n) is 11.8. The van der Waals surface area contributed by atoms with Crippen molar-refractivity contribution in [2.24, 2.45) is 0 Å². The summed E-state index contributed by atoms with van der Waals surface area (Å²) in [5.74, 6) is -1.27. The predicted molar refractivity (Wildman–Crippen MR) is 146 cm³/mol. The number of aromatic nitrogens is 4. The Balaban J connectivity index is 1.55. The quantitative estimate of drug-likeness (QED) is 0.310. The number of amides is 1. The molecule has 0 fully saturated rings. The van der Waals surface area contributed by atoms with Gasteiger partial charge in [0, 0.05) is 30.4 Å². The normalized spacial score (nSPS) is 13.7. The largest absolute Gasteiger partial charge is 0.495 e. The fourth-order valence-electron chi connectivity index (χ4n) is 4.27. The third-order valence-corrected chi connectivity index (χ3v) is 6.54. The van der Waals surface area contributed by atoms with Crippen LogP contribution >= 0.6 is 11.6 Å². The van der Waals surface area contributed by atoms with Crippen molar-refractivity contribution in [3.63, 3.8) is 0 Å². The van der Waals surface area contributed by atoms with E-state index in [0.29, 0.717) is 27.8 Å². The van der Waals surface area contributed by atoms with Crippen LogP contribution in [0.5, 0.6) is 5.75 Å². The van der Waals surface area contributed by atoms with Crippen molar-refractivity contribution < 1.29 is 13.9 Å². The van der Waals surface area contributed by atoms with Gasteiger partial charge >= 0.3 is 0 Å². The van der Waals surface area contributed by atoms with Crippen molar-refractivity contribution in [1.82, 2.24) is 24.5 Å². The highest BCUT2D eigenvalue weighted by molar-refractivity contribution is 6.33. The summed E-state index contributed by atoms with van der Waals surface area (Å²) < 4.78 is 21.0. The summed E-state index contributed by atoms with van der Waals surface area (Å²) in [6.07, 6.45) is 7.86. The highest BCUT2D eigenvalue weighted by Gasteiger charge is 2.20. The van der Waals surface area contributed by atoms with E-state index >= 15 is 0 Å². The number of pyridine rings is 1. The van der Waals surface area contributed by atoms with Gasteiger partial charge in [0.2, 0.25) is 5.95 Å². The number of benzene rings is 1. The van der Waals surface area contributed by atoms with E-state index in [4.69, 9.17) is 16.3 Å². The molecule has 0 saturated heterocycles. The highest BCUT2D eigenvalue weighted by Crippen LogP contribution is 2.39. The van der Waals surface area contributed by atoms with Gasteiger partial charge in [0.05, 0.1) is 47.1 Å². The van der Waals surface area contributed by atoms with Gasteiger partial charge in [-0.3, -0.25) is 4.79 Å². The lowest BCUT2D eigenvalue weighted by Gasteiger charge is -2.24. The first kappa shape index (κ1) is 25.4. The van der Waals surface area contributed by atoms with Crippen LogP contribution in [-0.4, -0.2) is 57.6 Å². The van der Waals surface area contributed by atoms with Gasteiger partial charge in [-0.15, -0.1) is 0 Å². The molecule has 0 atom stereocenters. The lowest BCUT2D eigenvalue weighted by atomic mass is 9.97. The van der Waals surface area contributed by atoms with Crippen LogP contribution in [0, 0.1) is 0 Å². The monoisotopic (exact) mass is 533 g/mol. The number of nitrogens with zero attached hydrogens (tertiary/aromatic N) is 5. The van der Waals surface area contributed by atoms with Crippen molar-refractivity contribution in [1.29, 1.82) is 0 Å². The van der Waals surface area contributed by atoms with Gasteiger partial charge in [-0.1, -0.05) is 30.3 Å². The Morgan fingerprint density at radius 2 is 2.05 bits per heavy atom. The second-order valence-electron chi connectivity index (χ2n) is 8.80. The van der Waals surface area contributed by atoms with Crippen LogP contribution in [0.3, 0.4) is 0 Å². The number of nitrogens with one attached hydrogen (secondary N) is 2. The molecule has 0 bridgehead atoms. The maximum Gasteiger partial charge on any atom is 0.283 e.